The van der Waals surface area contributed by atoms with Crippen LogP contribution in [0.15, 0.2) is 24.5 Å². The number of carbonyl (C=O) groups is 1. The maximum Gasteiger partial charge on any atom is 0.287 e. The molecule has 24 heavy (non-hydrogen) atoms. The summed E-state index contributed by atoms with van der Waals surface area (Å²) in [6, 6.07) is 3.07. The van der Waals surface area contributed by atoms with E-state index in [1.807, 2.05) is 6.92 Å². The van der Waals surface area contributed by atoms with Gasteiger partial charge in [-0.15, -0.1) is 11.3 Å². The highest BCUT2D eigenvalue weighted by Crippen LogP contribution is 2.21. The van der Waals surface area contributed by atoms with Gasteiger partial charge in [-0.05, 0) is 18.9 Å². The summed E-state index contributed by atoms with van der Waals surface area (Å²) in [6.45, 7) is 3.26. The number of nitro groups is 1. The lowest BCUT2D eigenvalue weighted by molar-refractivity contribution is -0.385. The van der Waals surface area contributed by atoms with Gasteiger partial charge in [-0.1, -0.05) is 6.92 Å². The first-order valence-electron chi connectivity index (χ1n) is 7.67. The molecule has 1 aliphatic rings. The van der Waals surface area contributed by atoms with E-state index in [1.54, 1.807) is 17.2 Å². The van der Waals surface area contributed by atoms with E-state index >= 15 is 0 Å². The SMILES string of the molecule is CCc1cnc(C(=O)N2CCC(Nc3ccc([N+](=O)[O-])cn3)C2)s1. The predicted molar refractivity (Wildman–Crippen MR) is 90.3 cm³/mol. The molecule has 9 heteroatoms. The van der Waals surface area contributed by atoms with E-state index in [2.05, 4.69) is 15.3 Å². The van der Waals surface area contributed by atoms with E-state index in [1.165, 1.54) is 23.6 Å². The van der Waals surface area contributed by atoms with Gasteiger partial charge < -0.3 is 10.2 Å². The van der Waals surface area contributed by atoms with Crippen LogP contribution >= 0.6 is 11.3 Å². The Morgan fingerprint density at radius 3 is 2.92 bits per heavy atom. The van der Waals surface area contributed by atoms with Gasteiger partial charge in [-0.3, -0.25) is 14.9 Å². The Hall–Kier alpha value is -2.55. The Morgan fingerprint density at radius 1 is 1.46 bits per heavy atom. The average molecular weight is 347 g/mol. The second kappa shape index (κ2) is 6.91. The molecule has 1 unspecified atom stereocenters. The van der Waals surface area contributed by atoms with Gasteiger partial charge in [-0.25, -0.2) is 9.97 Å². The lowest BCUT2D eigenvalue weighted by Crippen LogP contribution is -2.31. The van der Waals surface area contributed by atoms with Gasteiger partial charge >= 0.3 is 0 Å². The van der Waals surface area contributed by atoms with E-state index in [0.717, 1.165) is 17.7 Å². The summed E-state index contributed by atoms with van der Waals surface area (Å²) in [4.78, 5) is 33.7. The number of pyridine rings is 1. The zero-order chi connectivity index (χ0) is 17.1. The Kier molecular flexibility index (Phi) is 4.70. The maximum absolute atomic E-state index is 12.4. The first-order valence-corrected chi connectivity index (χ1v) is 8.49. The van der Waals surface area contributed by atoms with Crippen LogP contribution in [0, 0.1) is 10.1 Å². The molecule has 8 nitrogen and oxygen atoms in total. The van der Waals surface area contributed by atoms with Crippen LogP contribution in [0.1, 0.15) is 28.0 Å². The van der Waals surface area contributed by atoms with Crippen LogP contribution in [0.2, 0.25) is 0 Å². The minimum atomic E-state index is -0.481. The fourth-order valence-electron chi connectivity index (χ4n) is 2.56. The molecule has 0 aromatic carbocycles. The van der Waals surface area contributed by atoms with Crippen LogP contribution in [0.4, 0.5) is 11.5 Å². The number of amides is 1. The lowest BCUT2D eigenvalue weighted by atomic mass is 10.2. The quantitative estimate of drug-likeness (QED) is 0.658. The zero-order valence-electron chi connectivity index (χ0n) is 13.1. The third kappa shape index (κ3) is 3.51. The van der Waals surface area contributed by atoms with Crippen molar-refractivity contribution in [3.05, 3.63) is 44.5 Å². The summed E-state index contributed by atoms with van der Waals surface area (Å²) in [7, 11) is 0. The number of hydrogen-bond donors (Lipinski definition) is 1. The van der Waals surface area contributed by atoms with E-state index in [4.69, 9.17) is 0 Å². The van der Waals surface area contributed by atoms with Crippen LogP contribution in [0.25, 0.3) is 0 Å². The molecule has 0 spiro atoms. The Labute approximate surface area is 142 Å². The topological polar surface area (TPSA) is 101 Å². The summed E-state index contributed by atoms with van der Waals surface area (Å²) >= 11 is 1.44. The van der Waals surface area contributed by atoms with Crippen LogP contribution in [-0.2, 0) is 6.42 Å². The number of likely N-dealkylation sites (tertiary alicyclic amines) is 1. The second-order valence-corrected chi connectivity index (χ2v) is 6.64. The summed E-state index contributed by atoms with van der Waals surface area (Å²) in [5, 5.41) is 14.4. The molecule has 1 fully saturated rings. The van der Waals surface area contributed by atoms with Crippen LogP contribution in [-0.4, -0.2) is 44.8 Å². The summed E-state index contributed by atoms with van der Waals surface area (Å²) in [5.41, 5.74) is -0.0423. The van der Waals surface area contributed by atoms with Crippen molar-refractivity contribution >= 4 is 28.7 Å². The monoisotopic (exact) mass is 347 g/mol. The average Bonchev–Trinajstić information content (AvgIpc) is 3.24. The molecule has 1 N–H and O–H groups in total. The third-order valence-electron chi connectivity index (χ3n) is 3.87. The third-order valence-corrected chi connectivity index (χ3v) is 5.00. The van der Waals surface area contributed by atoms with Crippen LogP contribution < -0.4 is 5.32 Å². The lowest BCUT2D eigenvalue weighted by Gasteiger charge is -2.16. The van der Waals surface area contributed by atoms with Crippen LogP contribution in [0.5, 0.6) is 0 Å². The van der Waals surface area contributed by atoms with Gasteiger partial charge in [0.1, 0.15) is 12.0 Å². The van der Waals surface area contributed by atoms with Crippen molar-refractivity contribution in [3.63, 3.8) is 0 Å². The number of carbonyl (C=O) groups excluding carboxylic acids is 1. The highest BCUT2D eigenvalue weighted by atomic mass is 32.1. The van der Waals surface area contributed by atoms with Gasteiger partial charge in [0.05, 0.1) is 4.92 Å². The number of rotatable bonds is 5. The molecular weight excluding hydrogens is 330 g/mol. The second-order valence-electron chi connectivity index (χ2n) is 5.53. The van der Waals surface area contributed by atoms with Gasteiger partial charge in [0.25, 0.3) is 11.6 Å². The molecule has 3 heterocycles. The Bertz CT molecular complexity index is 746. The fraction of sp³-hybridized carbons (Fsp3) is 0.400. The molecule has 0 bridgehead atoms. The van der Waals surface area contributed by atoms with Crippen molar-refractivity contribution in [2.24, 2.45) is 0 Å². The molecule has 1 aliphatic heterocycles. The zero-order valence-corrected chi connectivity index (χ0v) is 14.0. The Morgan fingerprint density at radius 2 is 2.29 bits per heavy atom. The van der Waals surface area contributed by atoms with Crippen molar-refractivity contribution < 1.29 is 9.72 Å². The molecule has 126 valence electrons. The van der Waals surface area contributed by atoms with Crippen molar-refractivity contribution in [1.29, 1.82) is 0 Å². The Balaban J connectivity index is 1.58. The minimum Gasteiger partial charge on any atom is -0.365 e. The van der Waals surface area contributed by atoms with Crippen LogP contribution in [0.3, 0.4) is 0 Å². The molecular formula is C15H17N5O3S. The number of aromatic nitrogens is 2. The maximum atomic E-state index is 12.4. The van der Waals surface area contributed by atoms with Crippen molar-refractivity contribution in [3.8, 4) is 0 Å². The standard InChI is InChI=1S/C15H17N5O3S/c1-2-12-8-17-14(24-12)15(21)19-6-5-10(9-19)18-13-4-3-11(7-16-13)20(22)23/h3-4,7-8,10H,2,5-6,9H2,1H3,(H,16,18). The molecule has 1 saturated heterocycles. The molecule has 0 saturated carbocycles. The number of nitrogens with one attached hydrogen (secondary N) is 1. The first-order chi connectivity index (χ1) is 11.6. The van der Waals surface area contributed by atoms with Gasteiger partial charge in [-0.2, -0.15) is 0 Å². The summed E-state index contributed by atoms with van der Waals surface area (Å²) in [6.07, 6.45) is 4.66. The van der Waals surface area contributed by atoms with E-state index in [9.17, 15) is 14.9 Å². The largest absolute Gasteiger partial charge is 0.365 e. The van der Waals surface area contributed by atoms with Gasteiger partial charge in [0.2, 0.25) is 0 Å². The molecule has 2 aromatic heterocycles. The number of thiazole rings is 1. The fourth-order valence-corrected chi connectivity index (χ4v) is 3.38. The molecule has 0 aliphatic carbocycles. The van der Waals surface area contributed by atoms with Gasteiger partial charge in [0.15, 0.2) is 5.01 Å². The predicted octanol–water partition coefficient (Wildman–Crippen LogP) is 2.34. The molecule has 1 amide bonds. The van der Waals surface area contributed by atoms with Crippen molar-refractivity contribution in [1.82, 2.24) is 14.9 Å². The number of hydrogen-bond acceptors (Lipinski definition) is 7. The normalized spacial score (nSPS) is 17.0. The molecule has 3 rings (SSSR count). The highest BCUT2D eigenvalue weighted by Gasteiger charge is 2.28. The number of nitrogens with zero attached hydrogens (tertiary/aromatic N) is 4. The molecule has 1 atom stereocenters. The van der Waals surface area contributed by atoms with E-state index in [0.29, 0.717) is 23.9 Å². The minimum absolute atomic E-state index is 0.0411. The number of aryl methyl sites for hydroxylation is 1. The number of anilines is 1. The highest BCUT2D eigenvalue weighted by molar-refractivity contribution is 7.13. The van der Waals surface area contributed by atoms with Gasteiger partial charge in [0, 0.05) is 36.3 Å². The summed E-state index contributed by atoms with van der Waals surface area (Å²) in [5.74, 6) is 0.531. The van der Waals surface area contributed by atoms with Crippen molar-refractivity contribution in [2.75, 3.05) is 18.4 Å². The van der Waals surface area contributed by atoms with Crippen molar-refractivity contribution in [2.45, 2.75) is 25.8 Å². The first kappa shape index (κ1) is 16.3. The molecule has 2 aromatic rings. The van der Waals surface area contributed by atoms with E-state index in [-0.39, 0.29) is 17.6 Å². The summed E-state index contributed by atoms with van der Waals surface area (Å²) < 4.78 is 0. The molecule has 0 radical (unpaired) electrons. The smallest absolute Gasteiger partial charge is 0.287 e. The van der Waals surface area contributed by atoms with E-state index < -0.39 is 4.92 Å².